The topological polar surface area (TPSA) is 69.3 Å². The molecule has 0 aliphatic heterocycles. The van der Waals surface area contributed by atoms with Crippen molar-refractivity contribution in [1.82, 2.24) is 14.9 Å². The monoisotopic (exact) mass is 349 g/mol. The number of fused-ring (bicyclic) bond motifs is 2. The molecular weight excluding hydrogens is 330 g/mol. The van der Waals surface area contributed by atoms with Gasteiger partial charge < -0.3 is 19.0 Å². The largest absolute Gasteiger partial charge is 0.493 e. The number of hydrogen-bond acceptors (Lipinski definition) is 4. The normalized spacial score (nSPS) is 11.1. The Balaban J connectivity index is 1.37. The Morgan fingerprint density at radius 1 is 1.23 bits per heavy atom. The number of ether oxygens (including phenoxy) is 1. The fourth-order valence-electron chi connectivity index (χ4n) is 3.05. The Labute approximate surface area is 150 Å². The van der Waals surface area contributed by atoms with Crippen molar-refractivity contribution in [2.45, 2.75) is 13.0 Å². The van der Waals surface area contributed by atoms with Crippen molar-refractivity contribution < 1.29 is 13.9 Å². The highest BCUT2D eigenvalue weighted by Gasteiger charge is 2.14. The number of pyridine rings is 1. The van der Waals surface area contributed by atoms with E-state index in [2.05, 4.69) is 14.9 Å². The quantitative estimate of drug-likeness (QED) is 0.540. The van der Waals surface area contributed by atoms with Crippen LogP contribution in [0.25, 0.3) is 22.0 Å². The maximum absolute atomic E-state index is 12.3. The number of aromatic nitrogens is 2. The summed E-state index contributed by atoms with van der Waals surface area (Å²) in [4.78, 5) is 16.7. The highest BCUT2D eigenvalue weighted by Crippen LogP contribution is 2.28. The molecule has 1 N–H and O–H groups in total. The highest BCUT2D eigenvalue weighted by atomic mass is 16.5. The van der Waals surface area contributed by atoms with Crippen LogP contribution in [0.4, 0.5) is 0 Å². The van der Waals surface area contributed by atoms with Gasteiger partial charge in [-0.15, -0.1) is 0 Å². The molecule has 0 fully saturated rings. The van der Waals surface area contributed by atoms with Crippen molar-refractivity contribution in [1.29, 1.82) is 0 Å². The van der Waals surface area contributed by atoms with Gasteiger partial charge in [0.2, 0.25) is 0 Å². The minimum absolute atomic E-state index is 0.223. The van der Waals surface area contributed by atoms with E-state index in [4.69, 9.17) is 9.15 Å². The maximum Gasteiger partial charge on any atom is 0.287 e. The summed E-state index contributed by atoms with van der Waals surface area (Å²) in [7, 11) is 1.58. The molecule has 6 nitrogen and oxygen atoms in total. The molecule has 0 aliphatic carbocycles. The van der Waals surface area contributed by atoms with Gasteiger partial charge >= 0.3 is 0 Å². The second kappa shape index (κ2) is 6.92. The van der Waals surface area contributed by atoms with Crippen LogP contribution in [0.1, 0.15) is 17.0 Å². The number of rotatable bonds is 6. The zero-order chi connectivity index (χ0) is 17.9. The molecule has 0 aliphatic rings. The van der Waals surface area contributed by atoms with Crippen LogP contribution in [0.2, 0.25) is 0 Å². The summed E-state index contributed by atoms with van der Waals surface area (Å²) in [6, 6.07) is 13.3. The second-order valence-corrected chi connectivity index (χ2v) is 6.02. The Kier molecular flexibility index (Phi) is 4.31. The van der Waals surface area contributed by atoms with E-state index < -0.39 is 0 Å². The second-order valence-electron chi connectivity index (χ2n) is 6.02. The summed E-state index contributed by atoms with van der Waals surface area (Å²) >= 11 is 0. The van der Waals surface area contributed by atoms with E-state index in [1.54, 1.807) is 19.4 Å². The van der Waals surface area contributed by atoms with Crippen LogP contribution in [-0.2, 0) is 6.54 Å². The number of amides is 1. The molecule has 1 aromatic carbocycles. The lowest BCUT2D eigenvalue weighted by molar-refractivity contribution is 0.0927. The molecule has 132 valence electrons. The fourth-order valence-corrected chi connectivity index (χ4v) is 3.05. The molecule has 4 rings (SSSR count). The highest BCUT2D eigenvalue weighted by molar-refractivity contribution is 5.97. The minimum Gasteiger partial charge on any atom is -0.493 e. The van der Waals surface area contributed by atoms with E-state index in [1.807, 2.05) is 42.6 Å². The zero-order valence-electron chi connectivity index (χ0n) is 14.4. The molecule has 3 aromatic heterocycles. The molecule has 0 spiro atoms. The lowest BCUT2D eigenvalue weighted by Crippen LogP contribution is -2.24. The van der Waals surface area contributed by atoms with E-state index >= 15 is 0 Å². The summed E-state index contributed by atoms with van der Waals surface area (Å²) < 4.78 is 13.0. The fraction of sp³-hybridized carbons (Fsp3) is 0.200. The minimum atomic E-state index is -0.223. The van der Waals surface area contributed by atoms with Crippen LogP contribution in [0.15, 0.2) is 59.3 Å². The number of methoxy groups -OCH3 is 1. The number of para-hydroxylation sites is 1. The number of benzene rings is 1. The number of nitrogens with zero attached hydrogens (tertiary/aromatic N) is 2. The maximum atomic E-state index is 12.3. The van der Waals surface area contributed by atoms with Gasteiger partial charge in [-0.3, -0.25) is 4.79 Å². The number of furan rings is 1. The molecule has 0 unspecified atom stereocenters. The van der Waals surface area contributed by atoms with Crippen LogP contribution in [0.3, 0.4) is 0 Å². The van der Waals surface area contributed by atoms with Gasteiger partial charge in [0.25, 0.3) is 5.91 Å². The first-order valence-electron chi connectivity index (χ1n) is 8.51. The number of carbonyl (C=O) groups is 1. The first-order valence-corrected chi connectivity index (χ1v) is 8.51. The summed E-state index contributed by atoms with van der Waals surface area (Å²) in [6.45, 7) is 1.34. The van der Waals surface area contributed by atoms with Crippen molar-refractivity contribution in [3.8, 4) is 5.75 Å². The van der Waals surface area contributed by atoms with E-state index in [-0.39, 0.29) is 11.7 Å². The lowest BCUT2D eigenvalue weighted by atomic mass is 10.2. The van der Waals surface area contributed by atoms with Gasteiger partial charge in [-0.05, 0) is 36.8 Å². The van der Waals surface area contributed by atoms with Gasteiger partial charge in [-0.1, -0.05) is 12.1 Å². The van der Waals surface area contributed by atoms with Crippen molar-refractivity contribution in [3.05, 3.63) is 60.6 Å². The number of aryl methyl sites for hydroxylation is 1. The van der Waals surface area contributed by atoms with Crippen LogP contribution in [0, 0.1) is 0 Å². The number of carbonyl (C=O) groups excluding carboxylic acids is 1. The Bertz CT molecular complexity index is 1060. The SMILES string of the molecule is COc1cccc2cc(C(=O)NCCCn3ccc4cccnc43)oc12. The molecule has 6 heteroatoms. The predicted octanol–water partition coefficient (Wildman–Crippen LogP) is 3.61. The summed E-state index contributed by atoms with van der Waals surface area (Å²) in [6.07, 6.45) is 4.61. The number of hydrogen-bond donors (Lipinski definition) is 1. The standard InChI is InChI=1S/C20H19N3O3/c1-25-16-7-2-5-15-13-17(26-18(15)16)20(24)22-10-4-11-23-12-8-14-6-3-9-21-19(14)23/h2-3,5-9,12-13H,4,10-11H2,1H3,(H,22,24). The zero-order valence-corrected chi connectivity index (χ0v) is 14.4. The van der Waals surface area contributed by atoms with Gasteiger partial charge in [0.15, 0.2) is 17.1 Å². The molecule has 0 radical (unpaired) electrons. The summed E-state index contributed by atoms with van der Waals surface area (Å²) in [5, 5.41) is 4.87. The van der Waals surface area contributed by atoms with Crippen molar-refractivity contribution in [2.75, 3.05) is 13.7 Å². The van der Waals surface area contributed by atoms with Gasteiger partial charge in [0.1, 0.15) is 5.65 Å². The average Bonchev–Trinajstić information content (AvgIpc) is 3.29. The Morgan fingerprint density at radius 2 is 2.12 bits per heavy atom. The van der Waals surface area contributed by atoms with Crippen molar-refractivity contribution in [3.63, 3.8) is 0 Å². The van der Waals surface area contributed by atoms with E-state index in [0.717, 1.165) is 29.4 Å². The molecule has 1 amide bonds. The predicted molar refractivity (Wildman–Crippen MR) is 99.4 cm³/mol. The van der Waals surface area contributed by atoms with Crippen molar-refractivity contribution in [2.24, 2.45) is 0 Å². The first kappa shape index (κ1) is 16.2. The third-order valence-corrected chi connectivity index (χ3v) is 4.34. The van der Waals surface area contributed by atoms with E-state index in [9.17, 15) is 4.79 Å². The van der Waals surface area contributed by atoms with Gasteiger partial charge in [0.05, 0.1) is 7.11 Å². The van der Waals surface area contributed by atoms with E-state index in [0.29, 0.717) is 17.9 Å². The number of nitrogens with one attached hydrogen (secondary N) is 1. The Morgan fingerprint density at radius 3 is 3.00 bits per heavy atom. The van der Waals surface area contributed by atoms with Gasteiger partial charge in [-0.2, -0.15) is 0 Å². The summed E-state index contributed by atoms with van der Waals surface area (Å²) in [5.74, 6) is 0.685. The van der Waals surface area contributed by atoms with Gasteiger partial charge in [0, 0.05) is 36.3 Å². The molecule has 0 atom stereocenters. The molecule has 26 heavy (non-hydrogen) atoms. The molecule has 0 saturated carbocycles. The van der Waals surface area contributed by atoms with Crippen LogP contribution in [0.5, 0.6) is 5.75 Å². The first-order chi connectivity index (χ1) is 12.8. The molecular formula is C20H19N3O3. The lowest BCUT2D eigenvalue weighted by Gasteiger charge is -2.06. The average molecular weight is 349 g/mol. The molecule has 0 saturated heterocycles. The summed E-state index contributed by atoms with van der Waals surface area (Å²) in [5.41, 5.74) is 1.55. The van der Waals surface area contributed by atoms with E-state index in [1.165, 1.54) is 0 Å². The van der Waals surface area contributed by atoms with Crippen LogP contribution >= 0.6 is 0 Å². The molecule has 4 aromatic rings. The smallest absolute Gasteiger partial charge is 0.287 e. The van der Waals surface area contributed by atoms with Gasteiger partial charge in [-0.25, -0.2) is 4.98 Å². The third kappa shape index (κ3) is 3.01. The van der Waals surface area contributed by atoms with Crippen LogP contribution in [-0.4, -0.2) is 29.1 Å². The third-order valence-electron chi connectivity index (χ3n) is 4.34. The van der Waals surface area contributed by atoms with Crippen LogP contribution < -0.4 is 10.1 Å². The molecule has 3 heterocycles. The molecule has 0 bridgehead atoms. The van der Waals surface area contributed by atoms with Crippen molar-refractivity contribution >= 4 is 27.9 Å². The Hall–Kier alpha value is -3.28.